The van der Waals surface area contributed by atoms with Crippen molar-refractivity contribution in [2.75, 3.05) is 13.1 Å². The number of alkyl halides is 3. The van der Waals surface area contributed by atoms with Crippen molar-refractivity contribution in [1.82, 2.24) is 4.90 Å². The molecule has 1 fully saturated rings. The monoisotopic (exact) mass is 305 g/mol. The van der Waals surface area contributed by atoms with E-state index in [2.05, 4.69) is 0 Å². The molecule has 21 heavy (non-hydrogen) atoms. The van der Waals surface area contributed by atoms with E-state index in [0.717, 1.165) is 5.56 Å². The largest absolute Gasteiger partial charge is 0.481 e. The number of rotatable bonds is 3. The Morgan fingerprint density at radius 3 is 2.48 bits per heavy atom. The van der Waals surface area contributed by atoms with Crippen LogP contribution in [-0.2, 0) is 4.79 Å². The zero-order valence-electron chi connectivity index (χ0n) is 12.1. The van der Waals surface area contributed by atoms with Crippen molar-refractivity contribution in [1.29, 1.82) is 0 Å². The van der Waals surface area contributed by atoms with Gasteiger partial charge < -0.3 is 9.52 Å². The van der Waals surface area contributed by atoms with Crippen LogP contribution in [-0.4, -0.2) is 35.2 Å². The summed E-state index contributed by atoms with van der Waals surface area (Å²) in [5.41, 5.74) is -1.87. The summed E-state index contributed by atoms with van der Waals surface area (Å²) in [5.74, 6) is -0.460. The third-order valence-corrected chi connectivity index (χ3v) is 4.33. The fourth-order valence-corrected chi connectivity index (χ4v) is 2.96. The fraction of sp³-hybridized carbons (Fsp3) is 0.643. The number of carbonyl (C=O) groups is 1. The van der Waals surface area contributed by atoms with Crippen molar-refractivity contribution < 1.29 is 27.5 Å². The lowest BCUT2D eigenvalue weighted by molar-refractivity contribution is -0.227. The molecule has 2 unspecified atom stereocenters. The van der Waals surface area contributed by atoms with Gasteiger partial charge in [-0.05, 0) is 33.3 Å². The highest BCUT2D eigenvalue weighted by Crippen LogP contribution is 2.47. The zero-order valence-corrected chi connectivity index (χ0v) is 12.1. The van der Waals surface area contributed by atoms with Gasteiger partial charge in [-0.1, -0.05) is 0 Å². The Hall–Kier alpha value is -1.50. The average Bonchev–Trinajstić information content (AvgIpc) is 2.92. The van der Waals surface area contributed by atoms with Crippen molar-refractivity contribution >= 4 is 5.97 Å². The topological polar surface area (TPSA) is 53.7 Å². The Balaban J connectivity index is 2.25. The molecule has 4 nitrogen and oxygen atoms in total. The second kappa shape index (κ2) is 5.05. The van der Waals surface area contributed by atoms with Gasteiger partial charge >= 0.3 is 12.1 Å². The molecule has 0 saturated carbocycles. The summed E-state index contributed by atoms with van der Waals surface area (Å²) in [6, 6.07) is 1.47. The number of carboxylic acids is 1. The number of likely N-dealkylation sites (tertiary alicyclic amines) is 1. The van der Waals surface area contributed by atoms with Crippen LogP contribution < -0.4 is 0 Å². The summed E-state index contributed by atoms with van der Waals surface area (Å²) >= 11 is 0. The molecular weight excluding hydrogens is 287 g/mol. The van der Waals surface area contributed by atoms with Gasteiger partial charge in [0.1, 0.15) is 11.5 Å². The second-order valence-electron chi connectivity index (χ2n) is 5.65. The molecule has 0 bridgehead atoms. The molecule has 0 spiro atoms. The molecule has 0 aliphatic carbocycles. The predicted molar refractivity (Wildman–Crippen MR) is 68.9 cm³/mol. The molecule has 1 aromatic rings. The van der Waals surface area contributed by atoms with Crippen LogP contribution in [0, 0.1) is 19.3 Å². The molecule has 1 aliphatic rings. The van der Waals surface area contributed by atoms with Gasteiger partial charge in [0.25, 0.3) is 0 Å². The fourth-order valence-electron chi connectivity index (χ4n) is 2.96. The third kappa shape index (κ3) is 2.54. The maximum absolute atomic E-state index is 13.2. The molecule has 2 rings (SSSR count). The summed E-state index contributed by atoms with van der Waals surface area (Å²) < 4.78 is 44.9. The van der Waals surface area contributed by atoms with Crippen molar-refractivity contribution in [3.8, 4) is 0 Å². The van der Waals surface area contributed by atoms with Gasteiger partial charge in [0.05, 0.1) is 0 Å². The zero-order chi connectivity index (χ0) is 16.0. The number of aryl methyl sites for hydroxylation is 2. The Bertz CT molecular complexity index is 552. The minimum Gasteiger partial charge on any atom is -0.481 e. The number of hydrogen-bond donors (Lipinski definition) is 1. The number of furan rings is 1. The van der Waals surface area contributed by atoms with Gasteiger partial charge in [-0.2, -0.15) is 13.2 Å². The maximum Gasteiger partial charge on any atom is 0.406 e. The summed E-state index contributed by atoms with van der Waals surface area (Å²) in [6.45, 7) is 4.85. The Labute approximate surface area is 120 Å². The highest BCUT2D eigenvalue weighted by molar-refractivity contribution is 5.76. The van der Waals surface area contributed by atoms with E-state index in [9.17, 15) is 18.0 Å². The van der Waals surface area contributed by atoms with Crippen LogP contribution in [0.4, 0.5) is 13.2 Å². The van der Waals surface area contributed by atoms with E-state index >= 15 is 0 Å². The van der Waals surface area contributed by atoms with E-state index in [4.69, 9.17) is 9.52 Å². The lowest BCUT2D eigenvalue weighted by atomic mass is 9.86. The number of hydrogen-bond acceptors (Lipinski definition) is 3. The molecular formula is C14H18F3NO3. The summed E-state index contributed by atoms with van der Waals surface area (Å²) in [5, 5.41) is 9.06. The first kappa shape index (κ1) is 15.9. The van der Waals surface area contributed by atoms with E-state index in [0.29, 0.717) is 11.5 Å². The van der Waals surface area contributed by atoms with Gasteiger partial charge in [-0.25, -0.2) is 0 Å². The number of nitrogens with zero attached hydrogens (tertiary/aromatic N) is 1. The van der Waals surface area contributed by atoms with E-state index in [1.54, 1.807) is 31.7 Å². The van der Waals surface area contributed by atoms with E-state index in [1.165, 1.54) is 0 Å². The molecule has 2 heterocycles. The van der Waals surface area contributed by atoms with Gasteiger partial charge in [-0.3, -0.25) is 9.69 Å². The van der Waals surface area contributed by atoms with Gasteiger partial charge in [0.2, 0.25) is 0 Å². The molecule has 1 saturated heterocycles. The van der Waals surface area contributed by atoms with Crippen molar-refractivity contribution in [2.24, 2.45) is 5.41 Å². The maximum atomic E-state index is 13.2. The normalized spacial score (nSPS) is 25.2. The molecule has 118 valence electrons. The van der Waals surface area contributed by atoms with Crippen molar-refractivity contribution in [3.05, 3.63) is 23.2 Å². The number of halogens is 3. The lowest BCUT2D eigenvalue weighted by Crippen LogP contribution is -2.47. The van der Waals surface area contributed by atoms with Crippen molar-refractivity contribution in [3.63, 3.8) is 0 Å². The average molecular weight is 305 g/mol. The van der Waals surface area contributed by atoms with Crippen LogP contribution >= 0.6 is 0 Å². The molecule has 7 heteroatoms. The Morgan fingerprint density at radius 1 is 1.48 bits per heavy atom. The SMILES string of the molecule is Cc1cc(C(C)N2CCC(C(=O)O)(C(F)(F)F)C2)c(C)o1. The predicted octanol–water partition coefficient (Wildman–Crippen LogP) is 3.30. The summed E-state index contributed by atoms with van der Waals surface area (Å²) in [4.78, 5) is 12.7. The number of aliphatic carboxylic acids is 1. The van der Waals surface area contributed by atoms with Gasteiger partial charge in [0, 0.05) is 24.7 Å². The number of carboxylic acid groups (broad SMARTS) is 1. The molecule has 1 N–H and O–H groups in total. The van der Waals surface area contributed by atoms with Crippen LogP contribution in [0.1, 0.15) is 36.5 Å². The first-order chi connectivity index (χ1) is 9.58. The smallest absolute Gasteiger partial charge is 0.406 e. The molecule has 0 radical (unpaired) electrons. The second-order valence-corrected chi connectivity index (χ2v) is 5.65. The van der Waals surface area contributed by atoms with E-state index in [-0.39, 0.29) is 12.6 Å². The van der Waals surface area contributed by atoms with Crippen LogP contribution in [0.3, 0.4) is 0 Å². The Morgan fingerprint density at radius 2 is 2.10 bits per heavy atom. The van der Waals surface area contributed by atoms with Crippen LogP contribution in [0.2, 0.25) is 0 Å². The molecule has 2 atom stereocenters. The Kier molecular flexibility index (Phi) is 3.82. The molecule has 1 aromatic heterocycles. The van der Waals surface area contributed by atoms with Gasteiger partial charge in [0.15, 0.2) is 5.41 Å². The van der Waals surface area contributed by atoms with Crippen LogP contribution in [0.15, 0.2) is 10.5 Å². The first-order valence-corrected chi connectivity index (χ1v) is 6.69. The van der Waals surface area contributed by atoms with E-state index in [1.807, 2.05) is 0 Å². The highest BCUT2D eigenvalue weighted by atomic mass is 19.4. The third-order valence-electron chi connectivity index (χ3n) is 4.33. The lowest BCUT2D eigenvalue weighted by Gasteiger charge is -2.29. The van der Waals surface area contributed by atoms with Crippen LogP contribution in [0.25, 0.3) is 0 Å². The van der Waals surface area contributed by atoms with Crippen LogP contribution in [0.5, 0.6) is 0 Å². The highest BCUT2D eigenvalue weighted by Gasteiger charge is 2.64. The minimum atomic E-state index is -4.76. The van der Waals surface area contributed by atoms with Gasteiger partial charge in [-0.15, -0.1) is 0 Å². The minimum absolute atomic E-state index is 0.0939. The molecule has 1 aliphatic heterocycles. The quantitative estimate of drug-likeness (QED) is 0.931. The summed E-state index contributed by atoms with van der Waals surface area (Å²) in [6.07, 6.45) is -5.18. The van der Waals surface area contributed by atoms with Crippen molar-refractivity contribution in [2.45, 2.75) is 39.4 Å². The molecule has 0 amide bonds. The van der Waals surface area contributed by atoms with E-state index < -0.39 is 30.5 Å². The molecule has 0 aromatic carbocycles. The standard InChI is InChI=1S/C14H18F3NO3/c1-8-6-11(10(3)21-8)9(2)18-5-4-13(7-18,12(19)20)14(15,16)17/h6,9H,4-5,7H2,1-3H3,(H,19,20). The first-order valence-electron chi connectivity index (χ1n) is 6.69. The summed E-state index contributed by atoms with van der Waals surface area (Å²) in [7, 11) is 0.